The van der Waals surface area contributed by atoms with E-state index in [9.17, 15) is 0 Å². The minimum absolute atomic E-state index is 0.306. The van der Waals surface area contributed by atoms with Gasteiger partial charge in [-0.15, -0.1) is 0 Å². The number of nitrogens with zero attached hydrogens (tertiary/aromatic N) is 2. The molecule has 0 aliphatic rings. The number of pyridine rings is 1. The number of anilines is 1. The monoisotopic (exact) mass is 265 g/mol. The molecule has 0 unspecified atom stereocenters. The molecule has 4 heteroatoms. The summed E-state index contributed by atoms with van der Waals surface area (Å²) in [5.74, 6) is 0.966. The molecule has 1 heterocycles. The molecule has 0 amide bonds. The molecule has 0 radical (unpaired) electrons. The summed E-state index contributed by atoms with van der Waals surface area (Å²) in [6.07, 6.45) is 6.13. The first-order chi connectivity index (χ1) is 9.26. The van der Waals surface area contributed by atoms with Gasteiger partial charge in [0.25, 0.3) is 0 Å². The van der Waals surface area contributed by atoms with E-state index in [0.717, 1.165) is 51.1 Å². The SMILES string of the molecule is CCCNc1cc(CN(C)CCCCCO)ccn1. The smallest absolute Gasteiger partial charge is 0.126 e. The van der Waals surface area contributed by atoms with E-state index >= 15 is 0 Å². The van der Waals surface area contributed by atoms with Gasteiger partial charge in [0.2, 0.25) is 0 Å². The van der Waals surface area contributed by atoms with E-state index in [1.54, 1.807) is 0 Å². The highest BCUT2D eigenvalue weighted by Crippen LogP contribution is 2.09. The summed E-state index contributed by atoms with van der Waals surface area (Å²) in [5.41, 5.74) is 1.29. The molecule has 0 bridgehead atoms. The quantitative estimate of drug-likeness (QED) is 0.638. The predicted molar refractivity (Wildman–Crippen MR) is 80.3 cm³/mol. The Morgan fingerprint density at radius 3 is 2.89 bits per heavy atom. The maximum absolute atomic E-state index is 8.74. The van der Waals surface area contributed by atoms with E-state index in [2.05, 4.69) is 41.3 Å². The van der Waals surface area contributed by atoms with Crippen LogP contribution >= 0.6 is 0 Å². The van der Waals surface area contributed by atoms with Crippen molar-refractivity contribution < 1.29 is 5.11 Å². The third-order valence-corrected chi connectivity index (χ3v) is 3.03. The van der Waals surface area contributed by atoms with Crippen LogP contribution in [-0.4, -0.2) is 41.7 Å². The number of aliphatic hydroxyl groups excluding tert-OH is 1. The Morgan fingerprint density at radius 1 is 1.32 bits per heavy atom. The minimum atomic E-state index is 0.306. The number of hydrogen-bond acceptors (Lipinski definition) is 4. The normalized spacial score (nSPS) is 10.9. The standard InChI is InChI=1S/C15H27N3O/c1-3-8-16-15-12-14(7-9-17-15)13-18(2)10-5-4-6-11-19/h7,9,12,19H,3-6,8,10-11,13H2,1-2H3,(H,16,17). The summed E-state index contributed by atoms with van der Waals surface area (Å²) in [4.78, 5) is 6.63. The first-order valence-electron chi connectivity index (χ1n) is 7.24. The molecule has 1 aromatic rings. The van der Waals surface area contributed by atoms with Gasteiger partial charge in [-0.25, -0.2) is 4.98 Å². The van der Waals surface area contributed by atoms with E-state index in [1.165, 1.54) is 5.56 Å². The molecule has 0 spiro atoms. The van der Waals surface area contributed by atoms with Gasteiger partial charge in [-0.05, 0) is 57.0 Å². The highest BCUT2D eigenvalue weighted by Gasteiger charge is 2.02. The summed E-state index contributed by atoms with van der Waals surface area (Å²) < 4.78 is 0. The number of aromatic nitrogens is 1. The van der Waals surface area contributed by atoms with Crippen LogP contribution in [0.15, 0.2) is 18.3 Å². The highest BCUT2D eigenvalue weighted by atomic mass is 16.2. The molecule has 0 aliphatic heterocycles. The van der Waals surface area contributed by atoms with Crippen molar-refractivity contribution in [3.63, 3.8) is 0 Å². The first kappa shape index (κ1) is 15.9. The molecule has 0 aromatic carbocycles. The average Bonchev–Trinajstić information content (AvgIpc) is 2.42. The number of nitrogens with one attached hydrogen (secondary N) is 1. The second kappa shape index (κ2) is 9.75. The second-order valence-electron chi connectivity index (χ2n) is 5.00. The van der Waals surface area contributed by atoms with Crippen LogP contribution in [0.5, 0.6) is 0 Å². The highest BCUT2D eigenvalue weighted by molar-refractivity contribution is 5.37. The van der Waals surface area contributed by atoms with Gasteiger partial charge in [0, 0.05) is 25.9 Å². The zero-order chi connectivity index (χ0) is 13.9. The molecule has 0 fully saturated rings. The van der Waals surface area contributed by atoms with Crippen LogP contribution in [0.1, 0.15) is 38.2 Å². The van der Waals surface area contributed by atoms with Gasteiger partial charge in [0.15, 0.2) is 0 Å². The lowest BCUT2D eigenvalue weighted by atomic mass is 10.2. The Bertz CT molecular complexity index is 344. The molecular formula is C15H27N3O. The molecule has 108 valence electrons. The van der Waals surface area contributed by atoms with Crippen LogP contribution in [0.3, 0.4) is 0 Å². The van der Waals surface area contributed by atoms with Gasteiger partial charge in [0.05, 0.1) is 0 Å². The van der Waals surface area contributed by atoms with E-state index in [4.69, 9.17) is 5.11 Å². The molecular weight excluding hydrogens is 238 g/mol. The largest absolute Gasteiger partial charge is 0.396 e. The number of hydrogen-bond donors (Lipinski definition) is 2. The van der Waals surface area contributed by atoms with E-state index in [-0.39, 0.29) is 0 Å². The van der Waals surface area contributed by atoms with Crippen LogP contribution in [0.25, 0.3) is 0 Å². The Balaban J connectivity index is 2.34. The third-order valence-electron chi connectivity index (χ3n) is 3.03. The fourth-order valence-corrected chi connectivity index (χ4v) is 1.98. The van der Waals surface area contributed by atoms with E-state index in [0.29, 0.717) is 6.61 Å². The number of aliphatic hydroxyl groups is 1. The molecule has 0 saturated carbocycles. The Kier molecular flexibility index (Phi) is 8.18. The van der Waals surface area contributed by atoms with Gasteiger partial charge in [-0.2, -0.15) is 0 Å². The van der Waals surface area contributed by atoms with Crippen molar-refractivity contribution >= 4 is 5.82 Å². The van der Waals surface area contributed by atoms with Gasteiger partial charge in [0.1, 0.15) is 5.82 Å². The molecule has 1 rings (SSSR count). The fraction of sp³-hybridized carbons (Fsp3) is 0.667. The lowest BCUT2D eigenvalue weighted by molar-refractivity contribution is 0.271. The first-order valence-corrected chi connectivity index (χ1v) is 7.24. The van der Waals surface area contributed by atoms with Gasteiger partial charge >= 0.3 is 0 Å². The van der Waals surface area contributed by atoms with Crippen molar-refractivity contribution in [3.8, 4) is 0 Å². The van der Waals surface area contributed by atoms with Crippen molar-refractivity contribution in [1.29, 1.82) is 0 Å². The topological polar surface area (TPSA) is 48.4 Å². The van der Waals surface area contributed by atoms with Gasteiger partial charge < -0.3 is 15.3 Å². The van der Waals surface area contributed by atoms with Crippen LogP contribution < -0.4 is 5.32 Å². The number of rotatable bonds is 10. The molecule has 2 N–H and O–H groups in total. The Labute approximate surface area is 116 Å². The van der Waals surface area contributed by atoms with Gasteiger partial charge in [-0.1, -0.05) is 6.92 Å². The Hall–Kier alpha value is -1.13. The summed E-state index contributed by atoms with van der Waals surface area (Å²) in [6, 6.07) is 4.20. The molecule has 0 aliphatic carbocycles. The van der Waals surface area contributed by atoms with Crippen molar-refractivity contribution in [3.05, 3.63) is 23.9 Å². The van der Waals surface area contributed by atoms with Crippen LogP contribution in [0, 0.1) is 0 Å². The van der Waals surface area contributed by atoms with E-state index in [1.807, 2.05) is 6.20 Å². The molecule has 19 heavy (non-hydrogen) atoms. The fourth-order valence-electron chi connectivity index (χ4n) is 1.98. The van der Waals surface area contributed by atoms with Crippen molar-refractivity contribution in [2.75, 3.05) is 32.1 Å². The summed E-state index contributed by atoms with van der Waals surface area (Å²) >= 11 is 0. The second-order valence-corrected chi connectivity index (χ2v) is 5.00. The lowest BCUT2D eigenvalue weighted by Crippen LogP contribution is -2.19. The number of unbranched alkanes of at least 4 members (excludes halogenated alkanes) is 2. The maximum Gasteiger partial charge on any atom is 0.126 e. The Morgan fingerprint density at radius 2 is 2.16 bits per heavy atom. The van der Waals surface area contributed by atoms with Crippen molar-refractivity contribution in [1.82, 2.24) is 9.88 Å². The third kappa shape index (κ3) is 7.13. The lowest BCUT2D eigenvalue weighted by Gasteiger charge is -2.17. The zero-order valence-corrected chi connectivity index (χ0v) is 12.2. The van der Waals surface area contributed by atoms with Crippen LogP contribution in [0.4, 0.5) is 5.82 Å². The van der Waals surface area contributed by atoms with Gasteiger partial charge in [-0.3, -0.25) is 0 Å². The molecule has 4 nitrogen and oxygen atoms in total. The van der Waals surface area contributed by atoms with Crippen LogP contribution in [0.2, 0.25) is 0 Å². The maximum atomic E-state index is 8.74. The molecule has 0 atom stereocenters. The van der Waals surface area contributed by atoms with Crippen LogP contribution in [-0.2, 0) is 6.54 Å². The van der Waals surface area contributed by atoms with Crippen molar-refractivity contribution in [2.45, 2.75) is 39.2 Å². The zero-order valence-electron chi connectivity index (χ0n) is 12.2. The van der Waals surface area contributed by atoms with E-state index < -0.39 is 0 Å². The average molecular weight is 265 g/mol. The predicted octanol–water partition coefficient (Wildman–Crippen LogP) is 2.50. The molecule has 1 aromatic heterocycles. The summed E-state index contributed by atoms with van der Waals surface area (Å²) in [7, 11) is 2.14. The summed E-state index contributed by atoms with van der Waals surface area (Å²) in [5, 5.41) is 12.1. The molecule has 0 saturated heterocycles. The minimum Gasteiger partial charge on any atom is -0.396 e. The van der Waals surface area contributed by atoms with Crippen molar-refractivity contribution in [2.24, 2.45) is 0 Å². The summed E-state index contributed by atoms with van der Waals surface area (Å²) in [6.45, 7) is 5.44.